The number of nitrogens with one attached hydrogen (secondary N) is 1. The molecular weight excluding hydrogens is 389 g/mol. The highest BCUT2D eigenvalue weighted by atomic mass is 127. The predicted molar refractivity (Wildman–Crippen MR) is 98.9 cm³/mol. The summed E-state index contributed by atoms with van der Waals surface area (Å²) in [6, 6.07) is 19.7. The molecular formula is C18H22INO2. The fourth-order valence-electron chi connectivity index (χ4n) is 2.05. The molecule has 0 saturated heterocycles. The van der Waals surface area contributed by atoms with E-state index in [9.17, 15) is 4.79 Å². The van der Waals surface area contributed by atoms with Crippen LogP contribution in [0.1, 0.15) is 37.1 Å². The van der Waals surface area contributed by atoms with Crippen molar-refractivity contribution >= 4 is 29.9 Å². The third kappa shape index (κ3) is 6.15. The molecule has 0 radical (unpaired) electrons. The molecule has 0 spiro atoms. The number of carbonyl (C=O) groups excluding carboxylic acids is 1. The molecule has 0 aliphatic carbocycles. The van der Waals surface area contributed by atoms with E-state index in [1.54, 1.807) is 0 Å². The zero-order valence-electron chi connectivity index (χ0n) is 12.7. The second kappa shape index (κ2) is 10.3. The molecule has 1 unspecified atom stereocenters. The summed E-state index contributed by atoms with van der Waals surface area (Å²) in [6.45, 7) is 2.45. The van der Waals surface area contributed by atoms with Crippen LogP contribution in [-0.4, -0.2) is 5.91 Å². The molecule has 0 aliphatic heterocycles. The highest BCUT2D eigenvalue weighted by Gasteiger charge is 2.14. The molecule has 2 aromatic rings. The lowest BCUT2D eigenvalue weighted by molar-refractivity contribution is -0.126. The van der Waals surface area contributed by atoms with Gasteiger partial charge in [0.2, 0.25) is 5.91 Å². The first-order valence-electron chi connectivity index (χ1n) is 7.29. The number of rotatable bonds is 7. The average molecular weight is 411 g/mol. The molecule has 0 bridgehead atoms. The summed E-state index contributed by atoms with van der Waals surface area (Å²) >= 11 is 0. The molecule has 2 aromatic carbocycles. The van der Waals surface area contributed by atoms with Gasteiger partial charge in [0.1, 0.15) is 0 Å². The molecule has 0 aromatic heterocycles. The standard InChI is InChI=1S/C18H21NO2.HI/c1-2-9-17(20)19-18(16-12-7-4-8-13-16)21-14-15-10-5-3-6-11-15;/h3-8,10-13,18H,2,9,14H2,1H3,(H,19,20);1H. The number of amides is 1. The summed E-state index contributed by atoms with van der Waals surface area (Å²) in [5.41, 5.74) is 2.04. The molecule has 1 atom stereocenters. The Hall–Kier alpha value is -1.40. The smallest absolute Gasteiger partial charge is 0.222 e. The van der Waals surface area contributed by atoms with Crippen molar-refractivity contribution in [1.29, 1.82) is 0 Å². The fourth-order valence-corrected chi connectivity index (χ4v) is 2.05. The summed E-state index contributed by atoms with van der Waals surface area (Å²) in [7, 11) is 0. The average Bonchev–Trinajstić information content (AvgIpc) is 2.53. The molecule has 0 heterocycles. The normalized spacial score (nSPS) is 11.3. The highest BCUT2D eigenvalue weighted by Crippen LogP contribution is 2.16. The maximum absolute atomic E-state index is 11.8. The molecule has 22 heavy (non-hydrogen) atoms. The number of benzene rings is 2. The van der Waals surface area contributed by atoms with E-state index in [1.807, 2.05) is 67.6 Å². The first kappa shape index (κ1) is 18.6. The van der Waals surface area contributed by atoms with Gasteiger partial charge < -0.3 is 10.1 Å². The van der Waals surface area contributed by atoms with Crippen molar-refractivity contribution in [2.45, 2.75) is 32.6 Å². The second-order valence-corrected chi connectivity index (χ2v) is 4.90. The fraction of sp³-hybridized carbons (Fsp3) is 0.278. The first-order valence-corrected chi connectivity index (χ1v) is 7.29. The maximum atomic E-state index is 11.8. The van der Waals surface area contributed by atoms with Gasteiger partial charge in [0.25, 0.3) is 0 Å². The van der Waals surface area contributed by atoms with E-state index in [1.165, 1.54) is 0 Å². The van der Waals surface area contributed by atoms with E-state index in [0.717, 1.165) is 17.5 Å². The number of ether oxygens (including phenoxy) is 1. The van der Waals surface area contributed by atoms with Gasteiger partial charge in [-0.3, -0.25) is 4.79 Å². The number of halogens is 1. The van der Waals surface area contributed by atoms with Crippen molar-refractivity contribution < 1.29 is 9.53 Å². The van der Waals surface area contributed by atoms with Crippen LogP contribution >= 0.6 is 24.0 Å². The molecule has 0 fully saturated rings. The zero-order valence-corrected chi connectivity index (χ0v) is 15.0. The minimum Gasteiger partial charge on any atom is -0.349 e. The maximum Gasteiger partial charge on any atom is 0.222 e. The lowest BCUT2D eigenvalue weighted by atomic mass is 10.2. The summed E-state index contributed by atoms with van der Waals surface area (Å²) in [4.78, 5) is 11.8. The van der Waals surface area contributed by atoms with Crippen LogP contribution in [-0.2, 0) is 16.1 Å². The van der Waals surface area contributed by atoms with Gasteiger partial charge in [-0.25, -0.2) is 0 Å². The molecule has 0 aliphatic rings. The third-order valence-electron chi connectivity index (χ3n) is 3.13. The first-order chi connectivity index (χ1) is 10.3. The number of hydrogen-bond donors (Lipinski definition) is 1. The van der Waals surface area contributed by atoms with Crippen LogP contribution in [0.3, 0.4) is 0 Å². The zero-order chi connectivity index (χ0) is 14.9. The van der Waals surface area contributed by atoms with Crippen LogP contribution in [0.5, 0.6) is 0 Å². The van der Waals surface area contributed by atoms with Crippen LogP contribution in [0.4, 0.5) is 0 Å². The Labute approximate surface area is 149 Å². The number of hydrogen-bond acceptors (Lipinski definition) is 2. The van der Waals surface area contributed by atoms with Gasteiger partial charge in [0.15, 0.2) is 6.23 Å². The van der Waals surface area contributed by atoms with Gasteiger partial charge in [-0.15, -0.1) is 24.0 Å². The lowest BCUT2D eigenvalue weighted by Crippen LogP contribution is -2.30. The van der Waals surface area contributed by atoms with Crippen LogP contribution in [0.2, 0.25) is 0 Å². The molecule has 2 rings (SSSR count). The summed E-state index contributed by atoms with van der Waals surface area (Å²) < 4.78 is 5.90. The number of carbonyl (C=O) groups is 1. The van der Waals surface area contributed by atoms with Crippen LogP contribution in [0, 0.1) is 0 Å². The Morgan fingerprint density at radius 3 is 2.23 bits per heavy atom. The lowest BCUT2D eigenvalue weighted by Gasteiger charge is -2.20. The highest BCUT2D eigenvalue weighted by molar-refractivity contribution is 14.0. The molecule has 118 valence electrons. The largest absolute Gasteiger partial charge is 0.349 e. The Morgan fingerprint density at radius 2 is 1.64 bits per heavy atom. The molecule has 1 amide bonds. The second-order valence-electron chi connectivity index (χ2n) is 4.90. The van der Waals surface area contributed by atoms with E-state index < -0.39 is 6.23 Å². The molecule has 1 N–H and O–H groups in total. The van der Waals surface area contributed by atoms with Crippen molar-refractivity contribution in [2.75, 3.05) is 0 Å². The van der Waals surface area contributed by atoms with Gasteiger partial charge in [-0.05, 0) is 12.0 Å². The minimum atomic E-state index is -0.412. The van der Waals surface area contributed by atoms with Crippen molar-refractivity contribution in [3.05, 3.63) is 71.8 Å². The summed E-state index contributed by atoms with van der Waals surface area (Å²) in [5.74, 6) is 0.0133. The van der Waals surface area contributed by atoms with Gasteiger partial charge >= 0.3 is 0 Å². The third-order valence-corrected chi connectivity index (χ3v) is 3.13. The van der Waals surface area contributed by atoms with Gasteiger partial charge in [0.05, 0.1) is 6.61 Å². The SMILES string of the molecule is CCCC(=O)NC(OCc1ccccc1)c1ccccc1.I. The molecule has 0 saturated carbocycles. The van der Waals surface area contributed by atoms with E-state index in [0.29, 0.717) is 13.0 Å². The van der Waals surface area contributed by atoms with Crippen molar-refractivity contribution in [3.63, 3.8) is 0 Å². The Kier molecular flexibility index (Phi) is 8.77. The summed E-state index contributed by atoms with van der Waals surface area (Å²) in [6.07, 6.45) is 0.926. The van der Waals surface area contributed by atoms with Crippen molar-refractivity contribution in [2.24, 2.45) is 0 Å². The van der Waals surface area contributed by atoms with Gasteiger partial charge in [0, 0.05) is 12.0 Å². The van der Waals surface area contributed by atoms with Crippen LogP contribution in [0.25, 0.3) is 0 Å². The molecule has 4 heteroatoms. The van der Waals surface area contributed by atoms with Crippen molar-refractivity contribution in [1.82, 2.24) is 5.32 Å². The topological polar surface area (TPSA) is 38.3 Å². The Morgan fingerprint density at radius 1 is 1.05 bits per heavy atom. The van der Waals surface area contributed by atoms with E-state index in [4.69, 9.17) is 4.74 Å². The van der Waals surface area contributed by atoms with E-state index in [2.05, 4.69) is 5.32 Å². The monoisotopic (exact) mass is 411 g/mol. The summed E-state index contributed by atoms with van der Waals surface area (Å²) in [5, 5.41) is 2.94. The Bertz CT molecular complexity index is 546. The minimum absolute atomic E-state index is 0. The Balaban J connectivity index is 0.00000242. The van der Waals surface area contributed by atoms with Crippen molar-refractivity contribution in [3.8, 4) is 0 Å². The predicted octanol–water partition coefficient (Wildman–Crippen LogP) is 4.44. The quantitative estimate of drug-likeness (QED) is 0.541. The van der Waals surface area contributed by atoms with Crippen LogP contribution < -0.4 is 5.32 Å². The van der Waals surface area contributed by atoms with Gasteiger partial charge in [-0.1, -0.05) is 67.6 Å². The van der Waals surface area contributed by atoms with Gasteiger partial charge in [-0.2, -0.15) is 0 Å². The van der Waals surface area contributed by atoms with E-state index in [-0.39, 0.29) is 29.9 Å². The van der Waals surface area contributed by atoms with Crippen LogP contribution in [0.15, 0.2) is 60.7 Å². The molecule has 3 nitrogen and oxygen atoms in total. The van der Waals surface area contributed by atoms with E-state index >= 15 is 0 Å².